The lowest BCUT2D eigenvalue weighted by Gasteiger charge is -2.38. The van der Waals surface area contributed by atoms with Crippen molar-refractivity contribution in [1.82, 2.24) is 15.1 Å². The maximum Gasteiger partial charge on any atom is 0.416 e. The second kappa shape index (κ2) is 12.7. The highest BCUT2D eigenvalue weighted by Gasteiger charge is 2.42. The summed E-state index contributed by atoms with van der Waals surface area (Å²) in [7, 11) is -0.556. The number of alkyl halides is 3. The summed E-state index contributed by atoms with van der Waals surface area (Å²) in [5.74, 6) is -0.186. The zero-order valence-electron chi connectivity index (χ0n) is 27.3. The average Bonchev–Trinajstić information content (AvgIpc) is 3.49. The van der Waals surface area contributed by atoms with E-state index < -0.39 is 54.9 Å². The van der Waals surface area contributed by atoms with Crippen LogP contribution < -0.4 is 10.6 Å². The number of nitrogens with one attached hydrogen (secondary N) is 2. The first-order valence-corrected chi connectivity index (χ1v) is 18.0. The SMILES string of the molecule is CC(C)[Si](C#Cc1c2cc(NC(=O)c3cc(F)cc(C(F)(F)F)c3)c3c(c2nn1C)C(=O)NC3c1cc(F)ccc1Cl)(C(C)C)C(C)C. The van der Waals surface area contributed by atoms with Crippen LogP contribution in [0.25, 0.3) is 10.9 Å². The van der Waals surface area contributed by atoms with E-state index in [9.17, 15) is 31.5 Å². The van der Waals surface area contributed by atoms with Crippen LogP contribution in [0.4, 0.5) is 27.6 Å². The summed E-state index contributed by atoms with van der Waals surface area (Å²) in [4.78, 5) is 27.2. The molecule has 0 saturated heterocycles. The fourth-order valence-corrected chi connectivity index (χ4v) is 12.5. The van der Waals surface area contributed by atoms with Gasteiger partial charge in [0, 0.05) is 39.8 Å². The summed E-state index contributed by atoms with van der Waals surface area (Å²) in [5, 5.41) is 10.6. The number of halogens is 6. The molecule has 0 bridgehead atoms. The summed E-state index contributed by atoms with van der Waals surface area (Å²) in [5.41, 5.74) is 3.82. The van der Waals surface area contributed by atoms with Crippen LogP contribution in [0.15, 0.2) is 42.5 Å². The number of rotatable bonds is 6. The largest absolute Gasteiger partial charge is 0.416 e. The summed E-state index contributed by atoms with van der Waals surface area (Å²) in [6, 6.07) is 5.60. The summed E-state index contributed by atoms with van der Waals surface area (Å²) in [6.07, 6.45) is -4.91. The minimum Gasteiger partial charge on any atom is -0.341 e. The Morgan fingerprint density at radius 1 is 1.00 bits per heavy atom. The van der Waals surface area contributed by atoms with Gasteiger partial charge in [-0.2, -0.15) is 18.3 Å². The van der Waals surface area contributed by atoms with Crippen LogP contribution >= 0.6 is 11.6 Å². The molecule has 13 heteroatoms. The Morgan fingerprint density at radius 2 is 1.65 bits per heavy atom. The molecule has 5 rings (SSSR count). The Kier molecular flexibility index (Phi) is 9.27. The van der Waals surface area contributed by atoms with E-state index in [0.29, 0.717) is 45.9 Å². The van der Waals surface area contributed by atoms with Crippen LogP contribution in [-0.2, 0) is 13.2 Å². The number of amides is 2. The maximum atomic E-state index is 14.4. The van der Waals surface area contributed by atoms with E-state index in [0.717, 1.165) is 12.1 Å². The van der Waals surface area contributed by atoms with Crippen molar-refractivity contribution >= 4 is 48.1 Å². The second-order valence-electron chi connectivity index (χ2n) is 13.0. The minimum absolute atomic E-state index is 0.0140. The predicted molar refractivity (Wildman–Crippen MR) is 179 cm³/mol. The fourth-order valence-electron chi connectivity index (χ4n) is 7.05. The highest BCUT2D eigenvalue weighted by Crippen LogP contribution is 2.44. The molecule has 6 nitrogen and oxygen atoms in total. The molecule has 0 fully saturated rings. The standard InChI is InChI=1S/C35H34ClF5N4O2Si/c1-17(2)48(18(3)4,19(5)6)11-10-28-25-16-27(42-33(46)20-12-21(35(39,40)41)14-23(38)13-20)29-30(32(25)44-45(28)7)34(47)43-31(29)24-15-22(37)8-9-26(24)36/h8-9,12-19,31H,1-7H3,(H,42,46)(H,43,47). The highest BCUT2D eigenvalue weighted by molar-refractivity contribution is 6.90. The van der Waals surface area contributed by atoms with Gasteiger partial charge in [-0.05, 0) is 59.1 Å². The van der Waals surface area contributed by atoms with E-state index in [4.69, 9.17) is 11.6 Å². The summed E-state index contributed by atoms with van der Waals surface area (Å²) < 4.78 is 70.8. The van der Waals surface area contributed by atoms with Gasteiger partial charge in [0.15, 0.2) is 0 Å². The number of fused-ring (bicyclic) bond motifs is 3. The Morgan fingerprint density at radius 3 is 2.25 bits per heavy atom. The number of aryl methyl sites for hydroxylation is 1. The van der Waals surface area contributed by atoms with Gasteiger partial charge in [0.05, 0.1) is 17.2 Å². The molecule has 48 heavy (non-hydrogen) atoms. The molecule has 2 N–H and O–H groups in total. The first kappa shape index (κ1) is 35.1. The van der Waals surface area contributed by atoms with E-state index in [1.54, 1.807) is 11.7 Å². The van der Waals surface area contributed by atoms with Gasteiger partial charge in [0.2, 0.25) is 0 Å². The van der Waals surface area contributed by atoms with Gasteiger partial charge in [-0.15, -0.1) is 5.54 Å². The molecule has 0 aliphatic carbocycles. The van der Waals surface area contributed by atoms with Crippen molar-refractivity contribution in [3.8, 4) is 11.5 Å². The number of aromatic nitrogens is 2. The monoisotopic (exact) mass is 700 g/mol. The van der Waals surface area contributed by atoms with Gasteiger partial charge in [0.1, 0.15) is 30.9 Å². The van der Waals surface area contributed by atoms with Gasteiger partial charge in [0.25, 0.3) is 11.8 Å². The molecule has 1 atom stereocenters. The zero-order chi connectivity index (χ0) is 35.5. The van der Waals surface area contributed by atoms with E-state index >= 15 is 0 Å². The fraction of sp³-hybridized carbons (Fsp3) is 0.343. The van der Waals surface area contributed by atoms with Crippen molar-refractivity contribution in [2.75, 3.05) is 5.32 Å². The van der Waals surface area contributed by atoms with Crippen LogP contribution in [0.3, 0.4) is 0 Å². The molecule has 1 unspecified atom stereocenters. The van der Waals surface area contributed by atoms with Crippen LogP contribution in [0.1, 0.15) is 90.7 Å². The van der Waals surface area contributed by atoms with E-state index in [1.165, 1.54) is 12.1 Å². The Balaban J connectivity index is 1.77. The molecule has 2 amide bonds. The zero-order valence-corrected chi connectivity index (χ0v) is 29.1. The number of hydrogen-bond acceptors (Lipinski definition) is 3. The third kappa shape index (κ3) is 6.10. The number of hydrogen-bond donors (Lipinski definition) is 2. The van der Waals surface area contributed by atoms with E-state index in [1.807, 2.05) is 0 Å². The van der Waals surface area contributed by atoms with Crippen molar-refractivity contribution in [2.45, 2.75) is 70.4 Å². The van der Waals surface area contributed by atoms with Crippen LogP contribution in [0, 0.1) is 23.1 Å². The lowest BCUT2D eigenvalue weighted by atomic mass is 9.94. The molecule has 4 aromatic rings. The molecule has 0 radical (unpaired) electrons. The number of nitrogens with zero attached hydrogens (tertiary/aromatic N) is 2. The summed E-state index contributed by atoms with van der Waals surface area (Å²) >= 11 is 6.44. The van der Waals surface area contributed by atoms with Crippen molar-refractivity contribution in [3.05, 3.63) is 92.6 Å². The molecule has 1 aliphatic heterocycles. The molecule has 252 valence electrons. The van der Waals surface area contributed by atoms with Gasteiger partial charge in [-0.3, -0.25) is 14.3 Å². The van der Waals surface area contributed by atoms with E-state index in [-0.39, 0.29) is 32.9 Å². The van der Waals surface area contributed by atoms with Gasteiger partial charge in [-0.25, -0.2) is 8.78 Å². The Bertz CT molecular complexity index is 2010. The minimum atomic E-state index is -4.91. The normalized spacial score (nSPS) is 14.8. The third-order valence-corrected chi connectivity index (χ3v) is 15.9. The second-order valence-corrected chi connectivity index (χ2v) is 19.0. The van der Waals surface area contributed by atoms with Crippen LogP contribution in [-0.4, -0.2) is 29.7 Å². The number of anilines is 1. The predicted octanol–water partition coefficient (Wildman–Crippen LogP) is 9.18. The molecule has 0 saturated carbocycles. The third-order valence-electron chi connectivity index (χ3n) is 9.23. The topological polar surface area (TPSA) is 76.0 Å². The molecule has 1 aliphatic rings. The number of carbonyl (C=O) groups is 2. The van der Waals surface area contributed by atoms with Crippen molar-refractivity contribution in [1.29, 1.82) is 0 Å². The van der Waals surface area contributed by atoms with Crippen molar-refractivity contribution in [3.63, 3.8) is 0 Å². The van der Waals surface area contributed by atoms with Crippen molar-refractivity contribution < 1.29 is 31.5 Å². The van der Waals surface area contributed by atoms with Gasteiger partial charge in [-0.1, -0.05) is 59.1 Å². The lowest BCUT2D eigenvalue weighted by molar-refractivity contribution is -0.137. The molecule has 0 spiro atoms. The Hall–Kier alpha value is -4.21. The first-order chi connectivity index (χ1) is 22.4. The van der Waals surface area contributed by atoms with Crippen LogP contribution in [0.2, 0.25) is 21.6 Å². The molecule has 2 heterocycles. The molecular weight excluding hydrogens is 667 g/mol. The highest BCUT2D eigenvalue weighted by atomic mass is 35.5. The van der Waals surface area contributed by atoms with E-state index in [2.05, 4.69) is 68.7 Å². The number of carbonyl (C=O) groups excluding carboxylic acids is 2. The molecule has 3 aromatic carbocycles. The quantitative estimate of drug-likeness (QED) is 0.120. The smallest absolute Gasteiger partial charge is 0.341 e. The maximum absolute atomic E-state index is 14.4. The van der Waals surface area contributed by atoms with Crippen molar-refractivity contribution in [2.24, 2.45) is 7.05 Å². The molecular formula is C35H34ClF5N4O2Si. The van der Waals surface area contributed by atoms with Gasteiger partial charge < -0.3 is 10.6 Å². The Labute approximate surface area is 281 Å². The lowest BCUT2D eigenvalue weighted by Crippen LogP contribution is -2.43. The number of benzene rings is 3. The summed E-state index contributed by atoms with van der Waals surface area (Å²) in [6.45, 7) is 13.0. The molecule has 1 aromatic heterocycles. The van der Waals surface area contributed by atoms with Gasteiger partial charge >= 0.3 is 6.18 Å². The first-order valence-electron chi connectivity index (χ1n) is 15.4. The average molecular weight is 701 g/mol. The van der Waals surface area contributed by atoms with Crippen LogP contribution in [0.5, 0.6) is 0 Å².